The van der Waals surface area contributed by atoms with Gasteiger partial charge in [-0.05, 0) is 25.8 Å². The van der Waals surface area contributed by atoms with Gasteiger partial charge in [0.2, 0.25) is 0 Å². The zero-order valence-corrected chi connectivity index (χ0v) is 13.4. The van der Waals surface area contributed by atoms with Crippen molar-refractivity contribution >= 4 is 5.82 Å². The van der Waals surface area contributed by atoms with Crippen molar-refractivity contribution in [3.8, 4) is 0 Å². The van der Waals surface area contributed by atoms with Gasteiger partial charge in [0.25, 0.3) is 0 Å². The molecule has 4 heteroatoms. The van der Waals surface area contributed by atoms with Gasteiger partial charge in [0.1, 0.15) is 12.1 Å². The molecule has 0 bridgehead atoms. The lowest BCUT2D eigenvalue weighted by Gasteiger charge is -2.30. The molecule has 1 unspecified atom stereocenters. The Kier molecular flexibility index (Phi) is 4.68. The van der Waals surface area contributed by atoms with Crippen LogP contribution in [0.15, 0.2) is 42.7 Å². The Morgan fingerprint density at radius 1 is 1.14 bits per heavy atom. The molecule has 0 N–H and O–H groups in total. The van der Waals surface area contributed by atoms with Gasteiger partial charge in [-0.25, -0.2) is 9.97 Å². The van der Waals surface area contributed by atoms with Crippen LogP contribution in [0.2, 0.25) is 0 Å². The number of aryl methyl sites for hydroxylation is 1. The lowest BCUT2D eigenvalue weighted by molar-refractivity contribution is 0.268. The number of hydrogen-bond donors (Lipinski definition) is 0. The Balaban J connectivity index is 1.69. The average molecular weight is 296 g/mol. The Morgan fingerprint density at radius 3 is 2.73 bits per heavy atom. The number of anilines is 1. The summed E-state index contributed by atoms with van der Waals surface area (Å²) in [6, 6.07) is 13.3. The van der Waals surface area contributed by atoms with Gasteiger partial charge in [0.05, 0.1) is 0 Å². The van der Waals surface area contributed by atoms with Crippen LogP contribution in [0.4, 0.5) is 5.82 Å². The number of rotatable bonds is 3. The van der Waals surface area contributed by atoms with Gasteiger partial charge in [-0.2, -0.15) is 0 Å². The molecule has 0 amide bonds. The van der Waals surface area contributed by atoms with Gasteiger partial charge < -0.3 is 4.90 Å². The summed E-state index contributed by atoms with van der Waals surface area (Å²) in [4.78, 5) is 13.6. The molecule has 0 spiro atoms. The summed E-state index contributed by atoms with van der Waals surface area (Å²) in [6.45, 7) is 8.61. The van der Waals surface area contributed by atoms with Crippen molar-refractivity contribution in [1.29, 1.82) is 0 Å². The van der Waals surface area contributed by atoms with Crippen LogP contribution in [-0.2, 0) is 6.54 Å². The van der Waals surface area contributed by atoms with E-state index in [2.05, 4.69) is 63.1 Å². The van der Waals surface area contributed by atoms with E-state index in [0.717, 1.165) is 37.7 Å². The van der Waals surface area contributed by atoms with Gasteiger partial charge in [-0.1, -0.05) is 30.3 Å². The zero-order valence-electron chi connectivity index (χ0n) is 13.4. The van der Waals surface area contributed by atoms with Crippen LogP contribution in [0.1, 0.15) is 24.6 Å². The van der Waals surface area contributed by atoms with Gasteiger partial charge in [-0.3, -0.25) is 4.90 Å². The topological polar surface area (TPSA) is 32.3 Å². The summed E-state index contributed by atoms with van der Waals surface area (Å²) < 4.78 is 0. The van der Waals surface area contributed by atoms with Crippen LogP contribution in [-0.4, -0.2) is 40.5 Å². The Hall–Kier alpha value is -1.94. The first kappa shape index (κ1) is 15.0. The van der Waals surface area contributed by atoms with Crippen molar-refractivity contribution in [2.24, 2.45) is 0 Å². The van der Waals surface area contributed by atoms with Crippen LogP contribution >= 0.6 is 0 Å². The fourth-order valence-corrected chi connectivity index (χ4v) is 3.17. The van der Waals surface area contributed by atoms with Crippen LogP contribution in [0.5, 0.6) is 0 Å². The van der Waals surface area contributed by atoms with Gasteiger partial charge in [0.15, 0.2) is 0 Å². The Bertz CT molecular complexity index is 599. The molecule has 0 aliphatic carbocycles. The van der Waals surface area contributed by atoms with E-state index in [0.29, 0.717) is 6.04 Å². The standard InChI is InChI=1S/C18H24N4/c1-15-11-18(20-14-19-15)22-10-6-9-21(12-16(22)2)13-17-7-4-3-5-8-17/h3-5,7-8,11,14,16H,6,9-10,12-13H2,1-2H3. The van der Waals surface area contributed by atoms with E-state index in [9.17, 15) is 0 Å². The third-order valence-electron chi connectivity index (χ3n) is 4.26. The molecule has 22 heavy (non-hydrogen) atoms. The number of hydrogen-bond acceptors (Lipinski definition) is 4. The highest BCUT2D eigenvalue weighted by molar-refractivity contribution is 5.40. The Labute approximate surface area is 132 Å². The predicted octanol–water partition coefficient (Wildman–Crippen LogP) is 2.89. The monoisotopic (exact) mass is 296 g/mol. The summed E-state index contributed by atoms with van der Waals surface area (Å²) in [5.74, 6) is 1.06. The van der Waals surface area contributed by atoms with E-state index in [1.165, 1.54) is 12.0 Å². The van der Waals surface area contributed by atoms with E-state index in [4.69, 9.17) is 0 Å². The van der Waals surface area contributed by atoms with Crippen molar-refractivity contribution in [2.75, 3.05) is 24.5 Å². The molecule has 2 heterocycles. The van der Waals surface area contributed by atoms with Crippen molar-refractivity contribution in [2.45, 2.75) is 32.9 Å². The summed E-state index contributed by atoms with van der Waals surface area (Å²) in [5.41, 5.74) is 2.42. The second-order valence-electron chi connectivity index (χ2n) is 6.13. The minimum Gasteiger partial charge on any atom is -0.352 e. The molecule has 1 aromatic heterocycles. The lowest BCUT2D eigenvalue weighted by Crippen LogP contribution is -2.39. The maximum absolute atomic E-state index is 4.46. The van der Waals surface area contributed by atoms with E-state index in [-0.39, 0.29) is 0 Å². The van der Waals surface area contributed by atoms with Crippen molar-refractivity contribution < 1.29 is 0 Å². The second kappa shape index (κ2) is 6.88. The fourth-order valence-electron chi connectivity index (χ4n) is 3.17. The van der Waals surface area contributed by atoms with Gasteiger partial charge in [0, 0.05) is 44.0 Å². The maximum atomic E-state index is 4.46. The van der Waals surface area contributed by atoms with E-state index in [1.807, 2.05) is 6.92 Å². The minimum absolute atomic E-state index is 0.459. The first-order chi connectivity index (χ1) is 10.7. The molecule has 1 atom stereocenters. The molecule has 1 aliphatic rings. The van der Waals surface area contributed by atoms with E-state index >= 15 is 0 Å². The van der Waals surface area contributed by atoms with Crippen molar-refractivity contribution in [1.82, 2.24) is 14.9 Å². The highest BCUT2D eigenvalue weighted by Gasteiger charge is 2.22. The smallest absolute Gasteiger partial charge is 0.132 e. The summed E-state index contributed by atoms with van der Waals surface area (Å²) in [6.07, 6.45) is 2.84. The molecule has 0 radical (unpaired) electrons. The quantitative estimate of drug-likeness (QED) is 0.872. The molecule has 1 fully saturated rings. The SMILES string of the molecule is Cc1cc(N2CCCN(Cc3ccccc3)CC2C)ncn1. The van der Waals surface area contributed by atoms with E-state index < -0.39 is 0 Å². The van der Waals surface area contributed by atoms with Gasteiger partial charge >= 0.3 is 0 Å². The van der Waals surface area contributed by atoms with Crippen LogP contribution < -0.4 is 4.90 Å². The maximum Gasteiger partial charge on any atom is 0.132 e. The largest absolute Gasteiger partial charge is 0.352 e. The molecule has 116 valence electrons. The summed E-state index contributed by atoms with van der Waals surface area (Å²) in [7, 11) is 0. The van der Waals surface area contributed by atoms with E-state index in [1.54, 1.807) is 6.33 Å². The third-order valence-corrected chi connectivity index (χ3v) is 4.26. The molecule has 0 saturated carbocycles. The molecular formula is C18H24N4. The Morgan fingerprint density at radius 2 is 1.95 bits per heavy atom. The molecule has 1 aromatic carbocycles. The molecule has 3 rings (SSSR count). The molecule has 1 saturated heterocycles. The normalized spacial score (nSPS) is 19.9. The van der Waals surface area contributed by atoms with Crippen molar-refractivity contribution in [3.63, 3.8) is 0 Å². The first-order valence-electron chi connectivity index (χ1n) is 8.04. The van der Waals surface area contributed by atoms with Crippen LogP contribution in [0, 0.1) is 6.92 Å². The highest BCUT2D eigenvalue weighted by Crippen LogP contribution is 2.19. The zero-order chi connectivity index (χ0) is 15.4. The van der Waals surface area contributed by atoms with Crippen molar-refractivity contribution in [3.05, 3.63) is 54.0 Å². The molecule has 2 aromatic rings. The third kappa shape index (κ3) is 3.63. The fraction of sp³-hybridized carbons (Fsp3) is 0.444. The predicted molar refractivity (Wildman–Crippen MR) is 89.9 cm³/mol. The average Bonchev–Trinajstić information content (AvgIpc) is 2.69. The summed E-state index contributed by atoms with van der Waals surface area (Å²) >= 11 is 0. The first-order valence-corrected chi connectivity index (χ1v) is 8.04. The number of aromatic nitrogens is 2. The molecule has 1 aliphatic heterocycles. The van der Waals surface area contributed by atoms with Crippen LogP contribution in [0.3, 0.4) is 0 Å². The number of benzene rings is 1. The number of nitrogens with zero attached hydrogens (tertiary/aromatic N) is 4. The van der Waals surface area contributed by atoms with Crippen LogP contribution in [0.25, 0.3) is 0 Å². The summed E-state index contributed by atoms with van der Waals surface area (Å²) in [5, 5.41) is 0. The lowest BCUT2D eigenvalue weighted by atomic mass is 10.2. The molecular weight excluding hydrogens is 272 g/mol. The second-order valence-corrected chi connectivity index (χ2v) is 6.13. The highest BCUT2D eigenvalue weighted by atomic mass is 15.3. The minimum atomic E-state index is 0.459. The van der Waals surface area contributed by atoms with Gasteiger partial charge in [-0.15, -0.1) is 0 Å². The molecule has 4 nitrogen and oxygen atoms in total.